The summed E-state index contributed by atoms with van der Waals surface area (Å²) < 4.78 is 0.935. The summed E-state index contributed by atoms with van der Waals surface area (Å²) in [7, 11) is 0. The second-order valence-corrected chi connectivity index (χ2v) is 7.87. The minimum Gasteiger partial charge on any atom is -0.342 e. The van der Waals surface area contributed by atoms with E-state index in [-0.39, 0.29) is 11.8 Å². The van der Waals surface area contributed by atoms with E-state index < -0.39 is 5.41 Å². The van der Waals surface area contributed by atoms with E-state index in [1.165, 1.54) is 0 Å². The molecule has 1 saturated heterocycles. The van der Waals surface area contributed by atoms with Crippen LogP contribution in [0.5, 0.6) is 0 Å². The van der Waals surface area contributed by atoms with E-state index in [0.717, 1.165) is 36.0 Å². The van der Waals surface area contributed by atoms with Gasteiger partial charge in [-0.25, -0.2) is 0 Å². The Morgan fingerprint density at radius 1 is 1.26 bits per heavy atom. The molecular formula is C18H25BrN2O2. The van der Waals surface area contributed by atoms with E-state index in [9.17, 15) is 9.59 Å². The van der Waals surface area contributed by atoms with E-state index in [2.05, 4.69) is 28.2 Å². The van der Waals surface area contributed by atoms with Crippen molar-refractivity contribution in [2.24, 2.45) is 11.3 Å². The van der Waals surface area contributed by atoms with Crippen molar-refractivity contribution in [2.75, 3.05) is 18.4 Å². The van der Waals surface area contributed by atoms with Gasteiger partial charge in [0.25, 0.3) is 0 Å². The predicted molar refractivity (Wildman–Crippen MR) is 96.3 cm³/mol. The first-order chi connectivity index (χ1) is 10.7. The van der Waals surface area contributed by atoms with Crippen LogP contribution >= 0.6 is 15.9 Å². The Bertz CT molecular complexity index is 605. The third-order valence-electron chi connectivity index (χ3n) is 4.60. The number of hydrogen-bond acceptors (Lipinski definition) is 2. The molecular weight excluding hydrogens is 356 g/mol. The normalized spacial score (nSPS) is 16.3. The average Bonchev–Trinajstić information content (AvgIpc) is 2.51. The van der Waals surface area contributed by atoms with Gasteiger partial charge in [0.15, 0.2) is 0 Å². The fraction of sp³-hybridized carbons (Fsp3) is 0.556. The van der Waals surface area contributed by atoms with Crippen molar-refractivity contribution in [3.8, 4) is 0 Å². The molecule has 1 heterocycles. The molecule has 1 aromatic carbocycles. The van der Waals surface area contributed by atoms with Crippen LogP contribution in [0, 0.1) is 18.3 Å². The van der Waals surface area contributed by atoms with E-state index in [1.54, 1.807) is 13.8 Å². The number of nitrogens with zero attached hydrogens (tertiary/aromatic N) is 1. The smallest absolute Gasteiger partial charge is 0.239 e. The number of benzene rings is 1. The molecule has 1 fully saturated rings. The van der Waals surface area contributed by atoms with Crippen molar-refractivity contribution < 1.29 is 9.59 Å². The standard InChI is InChI=1S/C18H25BrN2O2/c1-12-7-9-21(10-8-12)17(23)18(3,4)16(22)20-14-6-5-13(2)15(19)11-14/h5-6,11-12H,7-10H2,1-4H3,(H,20,22). The third-order valence-corrected chi connectivity index (χ3v) is 5.46. The van der Waals surface area contributed by atoms with Crippen LogP contribution in [0.2, 0.25) is 0 Å². The molecule has 1 aliphatic heterocycles. The van der Waals surface area contributed by atoms with Crippen LogP contribution in [0.3, 0.4) is 0 Å². The summed E-state index contributed by atoms with van der Waals surface area (Å²) in [6, 6.07) is 5.64. The van der Waals surface area contributed by atoms with Crippen LogP contribution in [0.25, 0.3) is 0 Å². The van der Waals surface area contributed by atoms with Gasteiger partial charge in [-0.3, -0.25) is 9.59 Å². The van der Waals surface area contributed by atoms with E-state index >= 15 is 0 Å². The number of likely N-dealkylation sites (tertiary alicyclic amines) is 1. The van der Waals surface area contributed by atoms with Crippen LogP contribution in [0.15, 0.2) is 22.7 Å². The van der Waals surface area contributed by atoms with E-state index in [0.29, 0.717) is 11.6 Å². The molecule has 4 nitrogen and oxygen atoms in total. The number of anilines is 1. The molecule has 0 unspecified atom stereocenters. The van der Waals surface area contributed by atoms with E-state index in [4.69, 9.17) is 0 Å². The van der Waals surface area contributed by atoms with Gasteiger partial charge in [-0.15, -0.1) is 0 Å². The second kappa shape index (κ2) is 7.04. The first-order valence-electron chi connectivity index (χ1n) is 8.09. The minimum atomic E-state index is -1.07. The Hall–Kier alpha value is -1.36. The van der Waals surface area contributed by atoms with Gasteiger partial charge < -0.3 is 10.2 Å². The van der Waals surface area contributed by atoms with Crippen LogP contribution in [0.4, 0.5) is 5.69 Å². The van der Waals surface area contributed by atoms with Gasteiger partial charge in [-0.1, -0.05) is 28.9 Å². The topological polar surface area (TPSA) is 49.4 Å². The Balaban J connectivity index is 2.06. The number of piperidine rings is 1. The maximum absolute atomic E-state index is 12.7. The second-order valence-electron chi connectivity index (χ2n) is 7.02. The number of carbonyl (C=O) groups excluding carboxylic acids is 2. The van der Waals surface area contributed by atoms with Gasteiger partial charge in [-0.2, -0.15) is 0 Å². The Labute approximate surface area is 146 Å². The Kier molecular flexibility index (Phi) is 5.50. The summed E-state index contributed by atoms with van der Waals surface area (Å²) in [6.45, 7) is 9.08. The maximum Gasteiger partial charge on any atom is 0.239 e. The summed E-state index contributed by atoms with van der Waals surface area (Å²) >= 11 is 3.46. The quantitative estimate of drug-likeness (QED) is 0.806. The molecule has 0 spiro atoms. The van der Waals surface area contributed by atoms with Gasteiger partial charge in [0, 0.05) is 23.2 Å². The highest BCUT2D eigenvalue weighted by molar-refractivity contribution is 9.10. The summed E-state index contributed by atoms with van der Waals surface area (Å²) in [6.07, 6.45) is 2.02. The predicted octanol–water partition coefficient (Wildman–Crippen LogP) is 3.98. The zero-order valence-corrected chi connectivity index (χ0v) is 15.9. The van der Waals surface area contributed by atoms with Gasteiger partial charge >= 0.3 is 0 Å². The number of amides is 2. The zero-order chi connectivity index (χ0) is 17.2. The van der Waals surface area contributed by atoms with Crippen LogP contribution < -0.4 is 5.32 Å². The maximum atomic E-state index is 12.7. The molecule has 0 bridgehead atoms. The molecule has 0 atom stereocenters. The van der Waals surface area contributed by atoms with E-state index in [1.807, 2.05) is 30.0 Å². The number of hydrogen-bond donors (Lipinski definition) is 1. The summed E-state index contributed by atoms with van der Waals surface area (Å²) in [5.41, 5.74) is 0.721. The van der Waals surface area contributed by atoms with Crippen molar-refractivity contribution >= 4 is 33.4 Å². The van der Waals surface area contributed by atoms with Gasteiger partial charge in [0.05, 0.1) is 0 Å². The summed E-state index contributed by atoms with van der Waals surface area (Å²) in [4.78, 5) is 27.2. The number of aryl methyl sites for hydroxylation is 1. The Morgan fingerprint density at radius 3 is 2.43 bits per heavy atom. The van der Waals surface area contributed by atoms with Crippen LogP contribution in [-0.2, 0) is 9.59 Å². The monoisotopic (exact) mass is 380 g/mol. The molecule has 2 rings (SSSR count). The molecule has 1 aliphatic rings. The highest BCUT2D eigenvalue weighted by atomic mass is 79.9. The highest BCUT2D eigenvalue weighted by Gasteiger charge is 2.40. The summed E-state index contributed by atoms with van der Waals surface area (Å²) in [5, 5.41) is 2.86. The summed E-state index contributed by atoms with van der Waals surface area (Å²) in [5.74, 6) is 0.297. The zero-order valence-electron chi connectivity index (χ0n) is 14.3. The number of rotatable bonds is 3. The molecule has 0 saturated carbocycles. The lowest BCUT2D eigenvalue weighted by Crippen LogP contribution is -2.49. The largest absolute Gasteiger partial charge is 0.342 e. The van der Waals surface area contributed by atoms with Crippen molar-refractivity contribution in [1.29, 1.82) is 0 Å². The van der Waals surface area contributed by atoms with Crippen molar-refractivity contribution in [3.63, 3.8) is 0 Å². The minimum absolute atomic E-state index is 0.0897. The van der Waals surface area contributed by atoms with Crippen LogP contribution in [0.1, 0.15) is 39.2 Å². The molecule has 2 amide bonds. The lowest BCUT2D eigenvalue weighted by molar-refractivity contribution is -0.147. The fourth-order valence-electron chi connectivity index (χ4n) is 2.66. The number of halogens is 1. The fourth-order valence-corrected chi connectivity index (χ4v) is 3.04. The first kappa shape index (κ1) is 18.0. The molecule has 1 N–H and O–H groups in total. The molecule has 126 valence electrons. The van der Waals surface area contributed by atoms with Gasteiger partial charge in [-0.05, 0) is 57.2 Å². The van der Waals surface area contributed by atoms with Crippen LogP contribution in [-0.4, -0.2) is 29.8 Å². The average molecular weight is 381 g/mol. The molecule has 0 aromatic heterocycles. The van der Waals surface area contributed by atoms with Crippen molar-refractivity contribution in [1.82, 2.24) is 4.90 Å². The molecule has 23 heavy (non-hydrogen) atoms. The highest BCUT2D eigenvalue weighted by Crippen LogP contribution is 2.27. The lowest BCUT2D eigenvalue weighted by atomic mass is 9.88. The van der Waals surface area contributed by atoms with Crippen molar-refractivity contribution in [2.45, 2.75) is 40.5 Å². The van der Waals surface area contributed by atoms with Gasteiger partial charge in [0.1, 0.15) is 5.41 Å². The lowest BCUT2D eigenvalue weighted by Gasteiger charge is -2.35. The molecule has 1 aromatic rings. The Morgan fingerprint density at radius 2 is 1.87 bits per heavy atom. The number of carbonyl (C=O) groups is 2. The SMILES string of the molecule is Cc1ccc(NC(=O)C(C)(C)C(=O)N2CCC(C)CC2)cc1Br. The van der Waals surface area contributed by atoms with Crippen molar-refractivity contribution in [3.05, 3.63) is 28.2 Å². The molecule has 0 radical (unpaired) electrons. The van der Waals surface area contributed by atoms with Gasteiger partial charge in [0.2, 0.25) is 11.8 Å². The molecule has 5 heteroatoms. The first-order valence-corrected chi connectivity index (χ1v) is 8.88. The molecule has 0 aliphatic carbocycles. The number of nitrogens with one attached hydrogen (secondary N) is 1. The third kappa shape index (κ3) is 4.14.